The predicted molar refractivity (Wildman–Crippen MR) is 189 cm³/mol. The summed E-state index contributed by atoms with van der Waals surface area (Å²) in [6.45, 7) is 1.76. The van der Waals surface area contributed by atoms with E-state index in [2.05, 4.69) is 59.1 Å². The van der Waals surface area contributed by atoms with E-state index < -0.39 is 12.1 Å². The summed E-state index contributed by atoms with van der Waals surface area (Å²) in [5, 5.41) is 13.9. The van der Waals surface area contributed by atoms with Crippen LogP contribution in [0.5, 0.6) is 5.75 Å². The zero-order chi connectivity index (χ0) is 34.9. The number of nitrogen functional groups attached to an aromatic ring is 2. The number of hydrazine groups is 1. The van der Waals surface area contributed by atoms with Crippen molar-refractivity contribution < 1.29 is 14.3 Å². The maximum Gasteiger partial charge on any atom is 0.439 e. The quantitative estimate of drug-likeness (QED) is 0.167. The molecule has 0 unspecified atom stereocenters. The molecule has 0 aliphatic heterocycles. The second kappa shape index (κ2) is 15.0. The van der Waals surface area contributed by atoms with Crippen molar-refractivity contribution in [3.05, 3.63) is 131 Å². The zero-order valence-electron chi connectivity index (χ0n) is 26.2. The first-order chi connectivity index (χ1) is 24.3. The lowest BCUT2D eigenvalue weighted by atomic mass is 10.2. The summed E-state index contributed by atoms with van der Waals surface area (Å²) in [5.74, 6) is 12.4. The molecule has 14 nitrogen and oxygen atoms in total. The Balaban J connectivity index is 1.37. The van der Waals surface area contributed by atoms with Crippen LogP contribution in [0.1, 0.15) is 27.3 Å². The largest absolute Gasteiger partial charge is 0.439 e. The lowest BCUT2D eigenvalue weighted by Crippen LogP contribution is -2.53. The van der Waals surface area contributed by atoms with Crippen molar-refractivity contribution in [2.45, 2.75) is 6.92 Å². The Kier molecular flexibility index (Phi) is 9.79. The second-order valence-electron chi connectivity index (χ2n) is 10.1. The van der Waals surface area contributed by atoms with Gasteiger partial charge in [0.05, 0.1) is 22.5 Å². The predicted octanol–water partition coefficient (Wildman–Crippen LogP) is 5.05. The lowest BCUT2D eigenvalue weighted by Gasteiger charge is -2.33. The molecule has 0 atom stereocenters. The monoisotopic (exact) mass is 679 g/mol. The van der Waals surface area contributed by atoms with E-state index in [1.165, 1.54) is 36.1 Å². The number of carbonyl (C=O) groups is 2. The molecule has 0 spiro atoms. The molecule has 0 saturated heterocycles. The van der Waals surface area contributed by atoms with Crippen molar-refractivity contribution in [2.75, 3.05) is 26.8 Å². The lowest BCUT2D eigenvalue weighted by molar-refractivity contribution is 0.206. The third-order valence-electron chi connectivity index (χ3n) is 6.48. The molecular weight excluding hydrogens is 655 g/mol. The number of urea groups is 1. The van der Waals surface area contributed by atoms with E-state index >= 15 is 0 Å². The van der Waals surface area contributed by atoms with Gasteiger partial charge < -0.3 is 16.2 Å². The molecule has 0 saturated carbocycles. The molecule has 244 valence electrons. The Morgan fingerprint density at radius 2 is 1.24 bits per heavy atom. The van der Waals surface area contributed by atoms with Crippen LogP contribution < -0.4 is 31.5 Å². The van der Waals surface area contributed by atoms with E-state index in [-0.39, 0.29) is 28.5 Å². The Morgan fingerprint density at radius 3 is 1.84 bits per heavy atom. The van der Waals surface area contributed by atoms with Crippen LogP contribution in [0.2, 0.25) is 0 Å². The minimum Gasteiger partial charge on any atom is -0.409 e. The SMILES string of the molecule is Cc1nnc(NC(=O)N(c2cccc(C#Cc3cnc(N)nc3)c2)N(C(=O)Oc2cccc(C#Cc3cnc(N)nc3)c2)c2ccccc2)s1. The third kappa shape index (κ3) is 8.31. The number of nitrogens with one attached hydrogen (secondary N) is 1. The van der Waals surface area contributed by atoms with E-state index in [1.807, 2.05) is 0 Å². The molecule has 6 aromatic rings. The minimum atomic E-state index is -0.896. The molecule has 0 bridgehead atoms. The topological polar surface area (TPSA) is 191 Å². The normalized spacial score (nSPS) is 10.1. The number of para-hydroxylation sites is 1. The molecule has 3 heterocycles. The molecule has 3 amide bonds. The number of hydrogen-bond acceptors (Lipinski definition) is 12. The molecule has 50 heavy (non-hydrogen) atoms. The average molecular weight is 680 g/mol. The highest BCUT2D eigenvalue weighted by atomic mass is 32.1. The highest BCUT2D eigenvalue weighted by molar-refractivity contribution is 7.15. The van der Waals surface area contributed by atoms with Crippen molar-refractivity contribution in [1.82, 2.24) is 30.1 Å². The number of benzene rings is 3. The highest BCUT2D eigenvalue weighted by Gasteiger charge is 2.32. The number of amides is 3. The molecule has 0 aliphatic rings. The van der Waals surface area contributed by atoms with Crippen LogP contribution in [-0.2, 0) is 0 Å². The number of nitrogens with two attached hydrogens (primary N) is 2. The van der Waals surface area contributed by atoms with Crippen LogP contribution in [-0.4, -0.2) is 42.3 Å². The van der Waals surface area contributed by atoms with Crippen LogP contribution in [0.15, 0.2) is 104 Å². The van der Waals surface area contributed by atoms with Crippen LogP contribution in [0.4, 0.5) is 38.0 Å². The van der Waals surface area contributed by atoms with Gasteiger partial charge in [-0.15, -0.1) is 10.2 Å². The van der Waals surface area contributed by atoms with Gasteiger partial charge in [0.1, 0.15) is 10.8 Å². The first kappa shape index (κ1) is 32.6. The number of aryl methyl sites for hydroxylation is 1. The summed E-state index contributed by atoms with van der Waals surface area (Å²) >= 11 is 1.18. The van der Waals surface area contributed by atoms with Gasteiger partial charge in [-0.2, -0.15) is 10.0 Å². The minimum absolute atomic E-state index is 0.130. The molecule has 15 heteroatoms. The molecule has 5 N–H and O–H groups in total. The van der Waals surface area contributed by atoms with Crippen LogP contribution in [0.3, 0.4) is 0 Å². The van der Waals surface area contributed by atoms with Gasteiger partial charge in [-0.25, -0.2) is 29.5 Å². The van der Waals surface area contributed by atoms with Crippen LogP contribution >= 0.6 is 11.3 Å². The number of rotatable bonds is 4. The van der Waals surface area contributed by atoms with E-state index in [0.29, 0.717) is 32.9 Å². The van der Waals surface area contributed by atoms with Gasteiger partial charge in [0, 0.05) is 35.9 Å². The number of hydrogen-bond donors (Lipinski definition) is 3. The standard InChI is InChI=1S/C35H25N11O3S/c1-23-43-44-33(50-23)42-34(47)45(29-11-5-7-24(17-29)13-15-26-19-38-31(36)39-20-26)46(28-9-3-2-4-10-28)35(48)49-30-12-6-8-25(18-30)14-16-27-21-40-32(37)41-22-27/h2-12,17-22H,1H3,(H2,36,38,39)(H2,37,40,41)(H,42,44,47). The van der Waals surface area contributed by atoms with Crippen molar-refractivity contribution in [2.24, 2.45) is 0 Å². The van der Waals surface area contributed by atoms with Gasteiger partial charge in [0.15, 0.2) is 0 Å². The van der Waals surface area contributed by atoms with Crippen molar-refractivity contribution in [3.63, 3.8) is 0 Å². The first-order valence-electron chi connectivity index (χ1n) is 14.7. The molecule has 3 aromatic heterocycles. The summed E-state index contributed by atoms with van der Waals surface area (Å²) < 4.78 is 5.87. The van der Waals surface area contributed by atoms with Gasteiger partial charge >= 0.3 is 12.1 Å². The van der Waals surface area contributed by atoms with Crippen molar-refractivity contribution >= 4 is 51.9 Å². The Morgan fingerprint density at radius 1 is 0.680 bits per heavy atom. The maximum absolute atomic E-state index is 14.2. The third-order valence-corrected chi connectivity index (χ3v) is 7.24. The van der Waals surface area contributed by atoms with Crippen LogP contribution in [0.25, 0.3) is 0 Å². The Bertz CT molecular complexity index is 2280. The number of carbonyl (C=O) groups excluding carboxylic acids is 2. The van der Waals surface area contributed by atoms with Gasteiger partial charge in [-0.3, -0.25) is 5.32 Å². The average Bonchev–Trinajstić information content (AvgIpc) is 3.54. The van der Waals surface area contributed by atoms with Crippen molar-refractivity contribution in [1.29, 1.82) is 0 Å². The fraction of sp³-hybridized carbons (Fsp3) is 0.0286. The summed E-state index contributed by atoms with van der Waals surface area (Å²) in [6.07, 6.45) is 5.12. The second-order valence-corrected chi connectivity index (χ2v) is 11.3. The summed E-state index contributed by atoms with van der Waals surface area (Å²) in [5.41, 5.74) is 13.9. The number of nitrogens with zero attached hydrogens (tertiary/aromatic N) is 8. The van der Waals surface area contributed by atoms with E-state index in [9.17, 15) is 9.59 Å². The van der Waals surface area contributed by atoms with Gasteiger partial charge in [-0.05, 0) is 55.5 Å². The summed E-state index contributed by atoms with van der Waals surface area (Å²) in [7, 11) is 0. The number of aromatic nitrogens is 6. The smallest absolute Gasteiger partial charge is 0.409 e. The molecule has 0 radical (unpaired) electrons. The fourth-order valence-corrected chi connectivity index (χ4v) is 4.86. The van der Waals surface area contributed by atoms with Gasteiger partial charge in [-0.1, -0.05) is 65.4 Å². The zero-order valence-corrected chi connectivity index (χ0v) is 27.0. The molecule has 6 rings (SSSR count). The maximum atomic E-state index is 14.2. The highest BCUT2D eigenvalue weighted by Crippen LogP contribution is 2.27. The molecule has 0 aliphatic carbocycles. The number of anilines is 5. The van der Waals surface area contributed by atoms with Gasteiger partial charge in [0.2, 0.25) is 17.0 Å². The summed E-state index contributed by atoms with van der Waals surface area (Å²) in [4.78, 5) is 44.1. The van der Waals surface area contributed by atoms with Crippen LogP contribution in [0, 0.1) is 30.6 Å². The van der Waals surface area contributed by atoms with Gasteiger partial charge in [0.25, 0.3) is 0 Å². The Hall–Kier alpha value is -7.36. The molecular formula is C35H25N11O3S. The first-order valence-corrected chi connectivity index (χ1v) is 15.5. The number of ether oxygens (including phenoxy) is 1. The summed E-state index contributed by atoms with van der Waals surface area (Å²) in [6, 6.07) is 21.3. The van der Waals surface area contributed by atoms with E-state index in [1.54, 1.807) is 85.8 Å². The van der Waals surface area contributed by atoms with E-state index in [4.69, 9.17) is 16.2 Å². The fourth-order valence-electron chi connectivity index (χ4n) is 4.28. The molecule has 0 fully saturated rings. The van der Waals surface area contributed by atoms with Crippen molar-refractivity contribution in [3.8, 4) is 29.4 Å². The molecule has 3 aromatic carbocycles. The van der Waals surface area contributed by atoms with E-state index in [0.717, 1.165) is 10.0 Å². The Labute approximate surface area is 289 Å².